The van der Waals surface area contributed by atoms with E-state index < -0.39 is 12.0 Å². The number of hydrogen-bond donors (Lipinski definition) is 4. The second-order valence-electron chi connectivity index (χ2n) is 2.51. The van der Waals surface area contributed by atoms with E-state index in [4.69, 9.17) is 16.2 Å². The topological polar surface area (TPSA) is 99.2 Å². The molecule has 0 aromatic rings. The van der Waals surface area contributed by atoms with E-state index in [9.17, 15) is 4.79 Å². The molecule has 0 radical (unpaired) electrons. The second kappa shape index (κ2) is 7.45. The van der Waals surface area contributed by atoms with Gasteiger partial charge >= 0.3 is 5.97 Å². The summed E-state index contributed by atoms with van der Waals surface area (Å²) in [4.78, 5) is 10.3. The Labute approximate surface area is 77.1 Å². The minimum absolute atomic E-state index is 0.335. The fraction of sp³-hybridized carbons (Fsp3) is 0.500. The summed E-state index contributed by atoms with van der Waals surface area (Å²) in [5.41, 5.74) is 5.25. The number of nitrogens with one attached hydrogen (secondary N) is 2. The van der Waals surface area contributed by atoms with Gasteiger partial charge in [0.1, 0.15) is 6.04 Å². The predicted octanol–water partition coefficient (Wildman–Crippen LogP) is -0.416. The summed E-state index contributed by atoms with van der Waals surface area (Å²) in [6.45, 7) is 1.15. The highest BCUT2D eigenvalue weighted by atomic mass is 16.4. The highest BCUT2D eigenvalue weighted by Crippen LogP contribution is 1.89. The average Bonchev–Trinajstić information content (AvgIpc) is 2.10. The maximum absolute atomic E-state index is 10.3. The molecule has 0 spiro atoms. The van der Waals surface area contributed by atoms with Crippen LogP contribution < -0.4 is 11.1 Å². The molecule has 0 bridgehead atoms. The Kier molecular flexibility index (Phi) is 6.76. The monoisotopic (exact) mass is 185 g/mol. The van der Waals surface area contributed by atoms with Crippen LogP contribution in [0.4, 0.5) is 0 Å². The van der Waals surface area contributed by atoms with Crippen molar-refractivity contribution >= 4 is 12.2 Å². The van der Waals surface area contributed by atoms with Crippen LogP contribution in [0.1, 0.15) is 6.42 Å². The van der Waals surface area contributed by atoms with Crippen molar-refractivity contribution in [3.8, 4) is 0 Å². The van der Waals surface area contributed by atoms with E-state index in [1.165, 1.54) is 6.21 Å². The van der Waals surface area contributed by atoms with Gasteiger partial charge in [0.15, 0.2) is 0 Å². The first-order valence-corrected chi connectivity index (χ1v) is 4.01. The molecule has 0 saturated carbocycles. The van der Waals surface area contributed by atoms with Crippen molar-refractivity contribution in [3.05, 3.63) is 12.2 Å². The van der Waals surface area contributed by atoms with Crippen molar-refractivity contribution < 1.29 is 9.90 Å². The van der Waals surface area contributed by atoms with Gasteiger partial charge in [0.25, 0.3) is 0 Å². The fourth-order valence-electron chi connectivity index (χ4n) is 0.666. The van der Waals surface area contributed by atoms with E-state index in [0.717, 1.165) is 0 Å². The number of hydrogen-bond acceptors (Lipinski definition) is 4. The molecule has 0 aliphatic carbocycles. The first-order valence-electron chi connectivity index (χ1n) is 4.01. The third-order valence-electron chi connectivity index (χ3n) is 1.38. The molecule has 0 saturated heterocycles. The standard InChI is InChI=1S/C8H15N3O2/c9-4-6-11-5-2-1-3-7(10)8(12)13/h1-2,4,7,9,11H,3,5-6,10H2,(H,12,13)/b2-1+,9-4?. The summed E-state index contributed by atoms with van der Waals surface area (Å²) < 4.78 is 0. The van der Waals surface area contributed by atoms with Gasteiger partial charge in [0.05, 0.1) is 0 Å². The number of aliphatic carboxylic acids is 1. The van der Waals surface area contributed by atoms with Gasteiger partial charge in [-0.25, -0.2) is 0 Å². The van der Waals surface area contributed by atoms with E-state index >= 15 is 0 Å². The second-order valence-corrected chi connectivity index (χ2v) is 2.51. The largest absolute Gasteiger partial charge is 0.480 e. The highest BCUT2D eigenvalue weighted by Gasteiger charge is 2.07. The van der Waals surface area contributed by atoms with Gasteiger partial charge in [-0.3, -0.25) is 4.79 Å². The maximum atomic E-state index is 10.3. The zero-order valence-corrected chi connectivity index (χ0v) is 7.36. The smallest absolute Gasteiger partial charge is 0.320 e. The number of nitrogens with two attached hydrogens (primary N) is 1. The summed E-state index contributed by atoms with van der Waals surface area (Å²) >= 11 is 0. The molecule has 0 aromatic carbocycles. The molecule has 0 rings (SSSR count). The van der Waals surface area contributed by atoms with Crippen molar-refractivity contribution in [3.63, 3.8) is 0 Å². The lowest BCUT2D eigenvalue weighted by Crippen LogP contribution is -2.29. The van der Waals surface area contributed by atoms with Gasteiger partial charge in [-0.1, -0.05) is 12.2 Å². The SMILES string of the molecule is N=CCNC/C=C/CC(N)C(=O)O. The quantitative estimate of drug-likeness (QED) is 0.246. The molecule has 5 nitrogen and oxygen atoms in total. The molecule has 0 aromatic heterocycles. The van der Waals surface area contributed by atoms with Crippen molar-refractivity contribution in [2.75, 3.05) is 13.1 Å². The van der Waals surface area contributed by atoms with Crippen molar-refractivity contribution in [2.45, 2.75) is 12.5 Å². The molecular formula is C8H15N3O2. The van der Waals surface area contributed by atoms with Crippen LogP contribution in [0.5, 0.6) is 0 Å². The van der Waals surface area contributed by atoms with E-state index in [-0.39, 0.29) is 0 Å². The van der Waals surface area contributed by atoms with Gasteiger partial charge in [0.2, 0.25) is 0 Å². The van der Waals surface area contributed by atoms with Gasteiger partial charge in [-0.05, 0) is 6.42 Å². The van der Waals surface area contributed by atoms with Gasteiger partial charge < -0.3 is 21.6 Å². The van der Waals surface area contributed by atoms with E-state index in [1.54, 1.807) is 12.2 Å². The molecule has 5 N–H and O–H groups in total. The minimum atomic E-state index is -0.989. The molecule has 0 heterocycles. The van der Waals surface area contributed by atoms with Crippen LogP contribution in [0.2, 0.25) is 0 Å². The van der Waals surface area contributed by atoms with Gasteiger partial charge in [-0.2, -0.15) is 0 Å². The summed E-state index contributed by atoms with van der Waals surface area (Å²) in [5, 5.41) is 18.0. The van der Waals surface area contributed by atoms with Crippen molar-refractivity contribution in [1.82, 2.24) is 5.32 Å². The van der Waals surface area contributed by atoms with Crippen LogP contribution in [-0.4, -0.2) is 36.4 Å². The average molecular weight is 185 g/mol. The van der Waals surface area contributed by atoms with E-state index in [2.05, 4.69) is 5.32 Å². The Hall–Kier alpha value is -1.20. The number of rotatable bonds is 7. The predicted molar refractivity (Wildman–Crippen MR) is 51.0 cm³/mol. The maximum Gasteiger partial charge on any atom is 0.320 e. The van der Waals surface area contributed by atoms with Crippen LogP contribution in [0, 0.1) is 5.41 Å². The van der Waals surface area contributed by atoms with Crippen LogP contribution in [0.3, 0.4) is 0 Å². The summed E-state index contributed by atoms with van der Waals surface area (Å²) in [5.74, 6) is -0.989. The first-order chi connectivity index (χ1) is 6.18. The third kappa shape index (κ3) is 7.17. The molecule has 1 unspecified atom stereocenters. The molecule has 0 aliphatic heterocycles. The molecule has 5 heteroatoms. The van der Waals surface area contributed by atoms with Crippen LogP contribution >= 0.6 is 0 Å². The summed E-state index contributed by atoms with van der Waals surface area (Å²) in [7, 11) is 0. The third-order valence-corrected chi connectivity index (χ3v) is 1.38. The Bertz CT molecular complexity index is 192. The van der Waals surface area contributed by atoms with Crippen LogP contribution in [0.15, 0.2) is 12.2 Å². The lowest BCUT2D eigenvalue weighted by atomic mass is 10.2. The van der Waals surface area contributed by atoms with E-state index in [1.807, 2.05) is 0 Å². The molecule has 1 atom stereocenters. The lowest BCUT2D eigenvalue weighted by Gasteiger charge is -2.00. The van der Waals surface area contributed by atoms with E-state index in [0.29, 0.717) is 19.5 Å². The highest BCUT2D eigenvalue weighted by molar-refractivity contribution is 5.73. The molecule has 0 aliphatic rings. The number of carboxylic acid groups (broad SMARTS) is 1. The molecule has 74 valence electrons. The normalized spacial score (nSPS) is 13.0. The van der Waals surface area contributed by atoms with Crippen molar-refractivity contribution in [1.29, 1.82) is 5.41 Å². The van der Waals surface area contributed by atoms with Crippen molar-refractivity contribution in [2.24, 2.45) is 5.73 Å². The molecule has 0 fully saturated rings. The summed E-state index contributed by atoms with van der Waals surface area (Å²) in [6.07, 6.45) is 5.11. The molecular weight excluding hydrogens is 170 g/mol. The first kappa shape index (κ1) is 11.8. The van der Waals surface area contributed by atoms with Gasteiger partial charge in [-0.15, -0.1) is 0 Å². The Morgan fingerprint density at radius 2 is 2.23 bits per heavy atom. The Morgan fingerprint density at radius 3 is 2.77 bits per heavy atom. The lowest BCUT2D eigenvalue weighted by molar-refractivity contribution is -0.138. The Morgan fingerprint density at radius 1 is 1.54 bits per heavy atom. The van der Waals surface area contributed by atoms with Crippen LogP contribution in [0.25, 0.3) is 0 Å². The minimum Gasteiger partial charge on any atom is -0.480 e. The Balaban J connectivity index is 3.40. The van der Waals surface area contributed by atoms with Crippen LogP contribution in [-0.2, 0) is 4.79 Å². The number of carboxylic acids is 1. The molecule has 0 amide bonds. The van der Waals surface area contributed by atoms with Gasteiger partial charge in [0, 0.05) is 19.3 Å². The summed E-state index contributed by atoms with van der Waals surface area (Å²) in [6, 6.07) is -0.820. The zero-order valence-electron chi connectivity index (χ0n) is 7.36. The number of carbonyl (C=O) groups is 1. The zero-order chi connectivity index (χ0) is 10.1. The fourth-order valence-corrected chi connectivity index (χ4v) is 0.666. The molecule has 13 heavy (non-hydrogen) atoms.